The van der Waals surface area contributed by atoms with E-state index in [0.717, 1.165) is 56.1 Å². The van der Waals surface area contributed by atoms with Crippen LogP contribution in [-0.2, 0) is 0 Å². The maximum atomic E-state index is 14.0. The predicted molar refractivity (Wildman–Crippen MR) is 221 cm³/mol. The molecule has 304 valence electrons. The number of amides is 2. The average Bonchev–Trinajstić information content (AvgIpc) is 3.70. The van der Waals surface area contributed by atoms with Crippen LogP contribution in [0, 0.1) is 10.8 Å². The molecule has 0 aromatic heterocycles. The molecule has 0 bridgehead atoms. The van der Waals surface area contributed by atoms with E-state index in [0.29, 0.717) is 78.2 Å². The molecule has 2 fully saturated rings. The normalized spacial score (nSPS) is 21.3. The predicted octanol–water partition coefficient (Wildman–Crippen LogP) is 8.36. The average molecular weight is 771 g/mol. The first-order valence-electron chi connectivity index (χ1n) is 20.3. The van der Waals surface area contributed by atoms with Crippen LogP contribution < -0.4 is 23.8 Å². The summed E-state index contributed by atoms with van der Waals surface area (Å²) in [4.78, 5) is 37.7. The molecule has 11 nitrogen and oxygen atoms in total. The lowest BCUT2D eigenvalue weighted by molar-refractivity contribution is 0.0484. The van der Waals surface area contributed by atoms with Gasteiger partial charge in [0.15, 0.2) is 23.0 Å². The summed E-state index contributed by atoms with van der Waals surface area (Å²) in [6, 6.07) is 6.86. The third-order valence-electron chi connectivity index (χ3n) is 12.0. The maximum absolute atomic E-state index is 14.0. The molecule has 4 heterocycles. The molecule has 2 aromatic carbocycles. The molecule has 0 radical (unpaired) electrons. The molecule has 2 aromatic rings. The number of aliphatic hydroxyl groups excluding tert-OH is 1. The quantitative estimate of drug-likeness (QED) is 0.170. The van der Waals surface area contributed by atoms with Crippen molar-refractivity contribution in [1.29, 1.82) is 0 Å². The topological polar surface area (TPSA) is 113 Å². The van der Waals surface area contributed by atoms with Gasteiger partial charge in [-0.1, -0.05) is 72.3 Å². The number of aliphatic imine (C=N–C) groups is 1. The summed E-state index contributed by atoms with van der Waals surface area (Å²) in [6.45, 7) is 23.3. The monoisotopic (exact) mass is 770 g/mol. The minimum Gasteiger partial charge on any atom is -0.493 e. The summed E-state index contributed by atoms with van der Waals surface area (Å²) in [5, 5.41) is 11.9. The van der Waals surface area contributed by atoms with E-state index in [2.05, 4.69) is 64.6 Å². The largest absolute Gasteiger partial charge is 0.493 e. The lowest BCUT2D eigenvalue weighted by Gasteiger charge is -2.39. The van der Waals surface area contributed by atoms with Crippen molar-refractivity contribution >= 4 is 29.4 Å². The zero-order chi connectivity index (χ0) is 40.5. The number of benzene rings is 2. The summed E-state index contributed by atoms with van der Waals surface area (Å²) in [5.74, 6) is 1.94. The van der Waals surface area contributed by atoms with E-state index in [9.17, 15) is 14.7 Å². The van der Waals surface area contributed by atoms with Crippen molar-refractivity contribution in [1.82, 2.24) is 9.80 Å². The van der Waals surface area contributed by atoms with Crippen LogP contribution in [0.25, 0.3) is 0 Å². The van der Waals surface area contributed by atoms with Crippen LogP contribution >= 0.6 is 0 Å². The van der Waals surface area contributed by atoms with Crippen molar-refractivity contribution in [2.24, 2.45) is 15.8 Å². The van der Waals surface area contributed by atoms with E-state index in [4.69, 9.17) is 18.9 Å². The van der Waals surface area contributed by atoms with Crippen LogP contribution in [0.3, 0.4) is 0 Å². The van der Waals surface area contributed by atoms with Gasteiger partial charge in [0.05, 0.1) is 62.0 Å². The second-order valence-electron chi connectivity index (χ2n) is 17.6. The van der Waals surface area contributed by atoms with Gasteiger partial charge in [-0.3, -0.25) is 14.6 Å². The van der Waals surface area contributed by atoms with E-state index < -0.39 is 6.23 Å². The molecule has 4 atom stereocenters. The number of rotatable bonds is 16. The van der Waals surface area contributed by atoms with Crippen molar-refractivity contribution in [3.05, 3.63) is 59.7 Å². The van der Waals surface area contributed by atoms with Gasteiger partial charge in [-0.2, -0.15) is 0 Å². The molecule has 2 amide bonds. The molecule has 0 saturated carbocycles. The van der Waals surface area contributed by atoms with Crippen molar-refractivity contribution in [3.8, 4) is 23.0 Å². The Morgan fingerprint density at radius 3 is 2.12 bits per heavy atom. The van der Waals surface area contributed by atoms with Gasteiger partial charge in [0, 0.05) is 37.5 Å². The molecule has 11 heteroatoms. The number of fused-ring (bicyclic) bond motifs is 4. The van der Waals surface area contributed by atoms with Crippen LogP contribution in [-0.4, -0.2) is 97.8 Å². The number of aliphatic hydroxyl groups is 1. The fourth-order valence-electron chi connectivity index (χ4n) is 8.48. The Balaban J connectivity index is 1.11. The molecule has 0 aliphatic carbocycles. The van der Waals surface area contributed by atoms with Crippen LogP contribution in [0.1, 0.15) is 114 Å². The van der Waals surface area contributed by atoms with Gasteiger partial charge < -0.3 is 38.8 Å². The van der Waals surface area contributed by atoms with Crippen molar-refractivity contribution < 1.29 is 33.6 Å². The molecule has 0 spiro atoms. The van der Waals surface area contributed by atoms with Crippen molar-refractivity contribution in [2.75, 3.05) is 45.4 Å². The van der Waals surface area contributed by atoms with E-state index in [1.807, 2.05) is 23.2 Å². The van der Waals surface area contributed by atoms with Gasteiger partial charge >= 0.3 is 0 Å². The third kappa shape index (κ3) is 8.43. The smallest absolute Gasteiger partial charge is 0.257 e. The molecule has 2 saturated heterocycles. The Morgan fingerprint density at radius 1 is 0.821 bits per heavy atom. The van der Waals surface area contributed by atoms with Gasteiger partial charge in [0.1, 0.15) is 6.23 Å². The summed E-state index contributed by atoms with van der Waals surface area (Å²) < 4.78 is 24.4. The van der Waals surface area contributed by atoms with Gasteiger partial charge in [0.25, 0.3) is 11.8 Å². The first-order valence-corrected chi connectivity index (χ1v) is 20.3. The standard InChI is InChI=1S/C45H62N4O7/c1-11-13-30(12-2)49-35-23-40(38(54-10)21-33(35)42(51)48-26-29(4)19-36(48)43(49)52)55-17-16-44(5,6)14-15-45(7,8)27-56-39-22-34-32(20-37(39)53-9)41(50)47-25-28(3)18-31(47)24-46-34/h20-24,30-31,36,43,52H,3-4,11-19,25-27H2,1-2,5-10H3/t30?,31?,36-,43-/m0/s1. The van der Waals surface area contributed by atoms with E-state index in [1.54, 1.807) is 31.3 Å². The van der Waals surface area contributed by atoms with Gasteiger partial charge in [-0.15, -0.1) is 0 Å². The molecule has 1 N–H and O–H groups in total. The van der Waals surface area contributed by atoms with Crippen LogP contribution in [0.15, 0.2) is 53.6 Å². The zero-order valence-electron chi connectivity index (χ0n) is 34.8. The van der Waals surface area contributed by atoms with E-state index in [1.165, 1.54) is 0 Å². The number of carbonyl (C=O) groups excluding carboxylic acids is 2. The Kier molecular flexibility index (Phi) is 12.1. The van der Waals surface area contributed by atoms with Crippen LogP contribution in [0.2, 0.25) is 0 Å². The summed E-state index contributed by atoms with van der Waals surface area (Å²) >= 11 is 0. The number of hydrogen-bond donors (Lipinski definition) is 1. The molecule has 4 aliphatic rings. The second-order valence-corrected chi connectivity index (χ2v) is 17.6. The number of carbonyl (C=O) groups is 2. The molecular weight excluding hydrogens is 709 g/mol. The zero-order valence-corrected chi connectivity index (χ0v) is 34.8. The van der Waals surface area contributed by atoms with Crippen molar-refractivity contribution in [3.63, 3.8) is 0 Å². The minimum atomic E-state index is -0.863. The Morgan fingerprint density at radius 2 is 1.45 bits per heavy atom. The molecule has 56 heavy (non-hydrogen) atoms. The fraction of sp³-hybridized carbons (Fsp3) is 0.578. The number of nitrogens with zero attached hydrogens (tertiary/aromatic N) is 4. The van der Waals surface area contributed by atoms with Gasteiger partial charge in [-0.05, 0) is 67.9 Å². The maximum Gasteiger partial charge on any atom is 0.257 e. The summed E-state index contributed by atoms with van der Waals surface area (Å²) in [5.41, 5.74) is 4.06. The SMILES string of the molecule is C=C1CC2C=Nc3cc(OCC(C)(C)CCC(C)(C)CCOc4cc5c(cc4OC)C(=O)N4CC(=C)C[C@H]4[C@H](O)N5C(CC)CCC)c(OC)cc3C(=O)N2C1. The Labute approximate surface area is 333 Å². The highest BCUT2D eigenvalue weighted by molar-refractivity contribution is 6.04. The third-order valence-corrected chi connectivity index (χ3v) is 12.0. The summed E-state index contributed by atoms with van der Waals surface area (Å²) in [6.07, 6.45) is 7.58. The molecule has 4 aliphatic heterocycles. The highest BCUT2D eigenvalue weighted by atomic mass is 16.5. The van der Waals surface area contributed by atoms with Crippen LogP contribution in [0.5, 0.6) is 23.0 Å². The number of anilines is 1. The number of hydrogen-bond acceptors (Lipinski definition) is 9. The van der Waals surface area contributed by atoms with E-state index >= 15 is 0 Å². The fourth-order valence-corrected chi connectivity index (χ4v) is 8.48. The molecule has 6 rings (SSSR count). The van der Waals surface area contributed by atoms with Crippen molar-refractivity contribution in [2.45, 2.75) is 117 Å². The lowest BCUT2D eigenvalue weighted by atomic mass is 9.78. The van der Waals surface area contributed by atoms with Gasteiger partial charge in [0.2, 0.25) is 0 Å². The highest BCUT2D eigenvalue weighted by Gasteiger charge is 2.45. The molecule has 2 unspecified atom stereocenters. The Bertz CT molecular complexity index is 1870. The number of methoxy groups -OCH3 is 2. The van der Waals surface area contributed by atoms with Gasteiger partial charge in [-0.25, -0.2) is 0 Å². The van der Waals surface area contributed by atoms with E-state index in [-0.39, 0.29) is 40.8 Å². The Hall–Kier alpha value is -4.51. The highest BCUT2D eigenvalue weighted by Crippen LogP contribution is 2.44. The first-order chi connectivity index (χ1) is 26.6. The minimum absolute atomic E-state index is 0.0501. The summed E-state index contributed by atoms with van der Waals surface area (Å²) in [7, 11) is 3.18. The lowest BCUT2D eigenvalue weighted by Crippen LogP contribution is -2.52. The first kappa shape index (κ1) is 41.1. The second kappa shape index (κ2) is 16.5. The number of ether oxygens (including phenoxy) is 4. The molecular formula is C45H62N4O7. The van der Waals surface area contributed by atoms with Crippen LogP contribution in [0.4, 0.5) is 11.4 Å².